The molecule has 1 aliphatic heterocycles. The Labute approximate surface area is 110 Å². The maximum atomic E-state index is 12.2. The number of hydrogen-bond donors (Lipinski definition) is 3. The number of aliphatic hydroxyl groups excluding tert-OH is 1. The van der Waals surface area contributed by atoms with Gasteiger partial charge in [-0.25, -0.2) is 5.84 Å². The van der Waals surface area contributed by atoms with Crippen LogP contribution in [-0.4, -0.2) is 58.0 Å². The Morgan fingerprint density at radius 2 is 2.37 bits per heavy atom. The third kappa shape index (κ3) is 3.16. The summed E-state index contributed by atoms with van der Waals surface area (Å²) in [5, 5.41) is 16.7. The third-order valence-corrected chi connectivity index (χ3v) is 2.85. The average molecular weight is 267 g/mol. The zero-order chi connectivity index (χ0) is 13.8. The van der Waals surface area contributed by atoms with E-state index in [4.69, 9.17) is 15.7 Å². The van der Waals surface area contributed by atoms with E-state index in [0.717, 1.165) is 0 Å². The molecule has 0 aromatic carbocycles. The fraction of sp³-hybridized carbons (Fsp3) is 0.545. The summed E-state index contributed by atoms with van der Waals surface area (Å²) in [5.41, 5.74) is 2.58. The normalized spacial score (nSPS) is 23.2. The molecule has 1 aliphatic rings. The van der Waals surface area contributed by atoms with Gasteiger partial charge in [0, 0.05) is 13.1 Å². The number of aliphatic hydroxyl groups is 1. The number of amides is 1. The number of hydrazine groups is 1. The van der Waals surface area contributed by atoms with Gasteiger partial charge in [-0.15, -0.1) is 10.2 Å². The van der Waals surface area contributed by atoms with Gasteiger partial charge in [-0.1, -0.05) is 0 Å². The fourth-order valence-electron chi connectivity index (χ4n) is 2.00. The van der Waals surface area contributed by atoms with Gasteiger partial charge in [0.25, 0.3) is 5.91 Å². The Hall–Kier alpha value is -1.77. The summed E-state index contributed by atoms with van der Waals surface area (Å²) in [6.07, 6.45) is -0.474. The molecule has 2 unspecified atom stereocenters. The molecule has 1 saturated heterocycles. The lowest BCUT2D eigenvalue weighted by Crippen LogP contribution is -2.50. The first kappa shape index (κ1) is 13.7. The summed E-state index contributed by atoms with van der Waals surface area (Å²) in [5.74, 6) is 5.34. The van der Waals surface area contributed by atoms with E-state index in [9.17, 15) is 4.79 Å². The van der Waals surface area contributed by atoms with E-state index in [-0.39, 0.29) is 30.4 Å². The molecule has 1 aromatic rings. The predicted octanol–water partition coefficient (Wildman–Crippen LogP) is -1.02. The van der Waals surface area contributed by atoms with Gasteiger partial charge >= 0.3 is 0 Å². The van der Waals surface area contributed by atoms with Gasteiger partial charge in [0.05, 0.1) is 18.8 Å². The molecule has 8 nitrogen and oxygen atoms in total. The molecular weight excluding hydrogens is 250 g/mol. The smallest absolute Gasteiger partial charge is 0.274 e. The lowest BCUT2D eigenvalue weighted by Gasteiger charge is -2.35. The number of ether oxygens (including phenoxy) is 1. The Kier molecular flexibility index (Phi) is 4.25. The first-order valence-electron chi connectivity index (χ1n) is 6.00. The van der Waals surface area contributed by atoms with Gasteiger partial charge in [-0.05, 0) is 19.1 Å². The number of nitrogens with one attached hydrogen (secondary N) is 1. The molecule has 4 N–H and O–H groups in total. The van der Waals surface area contributed by atoms with Crippen LogP contribution in [0.25, 0.3) is 0 Å². The Balaban J connectivity index is 2.09. The molecule has 1 fully saturated rings. The zero-order valence-electron chi connectivity index (χ0n) is 10.6. The highest BCUT2D eigenvalue weighted by atomic mass is 16.5. The Morgan fingerprint density at radius 1 is 1.58 bits per heavy atom. The van der Waals surface area contributed by atoms with Crippen molar-refractivity contribution >= 4 is 11.7 Å². The van der Waals surface area contributed by atoms with Crippen molar-refractivity contribution in [1.29, 1.82) is 0 Å². The number of nitrogens with two attached hydrogens (primary N) is 1. The van der Waals surface area contributed by atoms with E-state index in [2.05, 4.69) is 15.6 Å². The van der Waals surface area contributed by atoms with Crippen LogP contribution in [0.4, 0.5) is 5.82 Å². The second-order valence-electron chi connectivity index (χ2n) is 4.41. The van der Waals surface area contributed by atoms with Crippen molar-refractivity contribution in [2.45, 2.75) is 19.1 Å². The molecule has 1 aromatic heterocycles. The van der Waals surface area contributed by atoms with Gasteiger partial charge in [0.15, 0.2) is 11.5 Å². The van der Waals surface area contributed by atoms with E-state index < -0.39 is 0 Å². The molecule has 0 spiro atoms. The molecule has 2 heterocycles. The Bertz CT molecular complexity index is 438. The molecule has 2 atom stereocenters. The number of carbonyl (C=O) groups excluding carboxylic acids is 1. The van der Waals surface area contributed by atoms with Gasteiger partial charge in [0.2, 0.25) is 0 Å². The highest BCUT2D eigenvalue weighted by molar-refractivity contribution is 5.92. The van der Waals surface area contributed by atoms with Gasteiger partial charge in [-0.2, -0.15) is 0 Å². The minimum absolute atomic E-state index is 0.115. The summed E-state index contributed by atoms with van der Waals surface area (Å²) < 4.78 is 5.48. The van der Waals surface area contributed by atoms with Gasteiger partial charge < -0.3 is 20.2 Å². The third-order valence-electron chi connectivity index (χ3n) is 2.85. The molecule has 0 bridgehead atoms. The summed E-state index contributed by atoms with van der Waals surface area (Å²) >= 11 is 0. The van der Waals surface area contributed by atoms with E-state index in [0.29, 0.717) is 18.9 Å². The van der Waals surface area contributed by atoms with Crippen molar-refractivity contribution in [2.75, 3.05) is 25.1 Å². The van der Waals surface area contributed by atoms with Crippen molar-refractivity contribution in [3.05, 3.63) is 17.8 Å². The molecule has 0 radical (unpaired) electrons. The van der Waals surface area contributed by atoms with Crippen LogP contribution in [0.3, 0.4) is 0 Å². The lowest BCUT2D eigenvalue weighted by atomic mass is 10.2. The number of hydrogen-bond acceptors (Lipinski definition) is 7. The lowest BCUT2D eigenvalue weighted by molar-refractivity contribution is -0.0859. The number of nitrogens with zero attached hydrogens (tertiary/aromatic N) is 3. The maximum absolute atomic E-state index is 12.2. The Morgan fingerprint density at radius 3 is 2.95 bits per heavy atom. The van der Waals surface area contributed by atoms with Crippen LogP contribution in [0.15, 0.2) is 12.1 Å². The van der Waals surface area contributed by atoms with Crippen molar-refractivity contribution in [3.63, 3.8) is 0 Å². The first-order valence-corrected chi connectivity index (χ1v) is 6.00. The van der Waals surface area contributed by atoms with Crippen molar-refractivity contribution < 1.29 is 14.6 Å². The predicted molar refractivity (Wildman–Crippen MR) is 67.2 cm³/mol. The topological polar surface area (TPSA) is 114 Å². The molecule has 1 amide bonds. The number of morpholine rings is 1. The number of aromatic nitrogens is 2. The van der Waals surface area contributed by atoms with Crippen LogP contribution in [0.5, 0.6) is 0 Å². The number of carbonyl (C=O) groups is 1. The average Bonchev–Trinajstić information content (AvgIpc) is 2.46. The fourth-order valence-corrected chi connectivity index (χ4v) is 2.00. The maximum Gasteiger partial charge on any atom is 0.274 e. The van der Waals surface area contributed by atoms with Crippen molar-refractivity contribution in [1.82, 2.24) is 15.1 Å². The second-order valence-corrected chi connectivity index (χ2v) is 4.41. The van der Waals surface area contributed by atoms with Crippen LogP contribution in [0, 0.1) is 0 Å². The number of nitrogen functional groups attached to an aromatic ring is 1. The van der Waals surface area contributed by atoms with Crippen LogP contribution >= 0.6 is 0 Å². The number of rotatable bonds is 3. The largest absolute Gasteiger partial charge is 0.394 e. The van der Waals surface area contributed by atoms with Gasteiger partial charge in [-0.3, -0.25) is 4.79 Å². The van der Waals surface area contributed by atoms with Crippen LogP contribution < -0.4 is 11.3 Å². The minimum Gasteiger partial charge on any atom is -0.394 e. The summed E-state index contributed by atoms with van der Waals surface area (Å²) in [7, 11) is 0. The van der Waals surface area contributed by atoms with Crippen molar-refractivity contribution in [3.8, 4) is 0 Å². The highest BCUT2D eigenvalue weighted by Gasteiger charge is 2.29. The SMILES string of the molecule is CC1CN(C(=O)c2ccc(NN)nn2)CC(CO)O1. The summed E-state index contributed by atoms with van der Waals surface area (Å²) in [4.78, 5) is 13.8. The van der Waals surface area contributed by atoms with Crippen LogP contribution in [0.1, 0.15) is 17.4 Å². The molecular formula is C11H17N5O3. The molecule has 8 heteroatoms. The standard InChI is InChI=1S/C11H17N5O3/c1-7-4-16(5-8(6-17)19-7)11(18)9-2-3-10(13-12)15-14-9/h2-3,7-8,17H,4-6,12H2,1H3,(H,13,15). The van der Waals surface area contributed by atoms with Crippen LogP contribution in [-0.2, 0) is 4.74 Å². The highest BCUT2D eigenvalue weighted by Crippen LogP contribution is 2.13. The zero-order valence-corrected chi connectivity index (χ0v) is 10.6. The molecule has 19 heavy (non-hydrogen) atoms. The summed E-state index contributed by atoms with van der Waals surface area (Å²) in [6.45, 7) is 2.55. The molecule has 2 rings (SSSR count). The summed E-state index contributed by atoms with van der Waals surface area (Å²) in [6, 6.07) is 3.13. The van der Waals surface area contributed by atoms with Crippen molar-refractivity contribution in [2.24, 2.45) is 5.84 Å². The molecule has 104 valence electrons. The van der Waals surface area contributed by atoms with E-state index >= 15 is 0 Å². The molecule has 0 saturated carbocycles. The van der Waals surface area contributed by atoms with Gasteiger partial charge in [0.1, 0.15) is 0 Å². The minimum atomic E-state index is -0.356. The van der Waals surface area contributed by atoms with Crippen LogP contribution in [0.2, 0.25) is 0 Å². The second kappa shape index (κ2) is 5.91. The monoisotopic (exact) mass is 267 g/mol. The van der Waals surface area contributed by atoms with E-state index in [1.807, 2.05) is 6.92 Å². The van der Waals surface area contributed by atoms with E-state index in [1.54, 1.807) is 17.0 Å². The first-order chi connectivity index (χ1) is 9.13. The molecule has 0 aliphatic carbocycles. The quantitative estimate of drug-likeness (QED) is 0.474. The van der Waals surface area contributed by atoms with E-state index in [1.165, 1.54) is 0 Å². The number of anilines is 1.